The van der Waals surface area contributed by atoms with E-state index in [4.69, 9.17) is 4.74 Å². The molecule has 3 amide bonds. The zero-order chi connectivity index (χ0) is 21.5. The number of likely N-dealkylation sites (tertiary alicyclic amines) is 1. The molecule has 2 aromatic carbocycles. The summed E-state index contributed by atoms with van der Waals surface area (Å²) in [7, 11) is 1.56. The van der Waals surface area contributed by atoms with E-state index in [1.807, 2.05) is 0 Å². The number of nitrogens with zero attached hydrogens (tertiary/aromatic N) is 1. The molecule has 0 spiro atoms. The maximum absolute atomic E-state index is 13.0. The second-order valence-electron chi connectivity index (χ2n) is 6.98. The Kier molecular flexibility index (Phi) is 7.13. The number of halogens is 1. The highest BCUT2D eigenvalue weighted by Gasteiger charge is 2.34. The first-order chi connectivity index (χ1) is 14.5. The molecule has 2 aromatic rings. The first-order valence-electron chi connectivity index (χ1n) is 9.74. The molecule has 1 heterocycles. The summed E-state index contributed by atoms with van der Waals surface area (Å²) in [5, 5.41) is 5.49. The molecular formula is C22H24FN3O4. The average Bonchev–Trinajstić information content (AvgIpc) is 3.24. The van der Waals surface area contributed by atoms with Gasteiger partial charge in [-0.25, -0.2) is 4.39 Å². The van der Waals surface area contributed by atoms with Crippen LogP contribution >= 0.6 is 0 Å². The normalized spacial score (nSPS) is 15.7. The van der Waals surface area contributed by atoms with Gasteiger partial charge in [-0.1, -0.05) is 0 Å². The van der Waals surface area contributed by atoms with Gasteiger partial charge in [0.1, 0.15) is 11.9 Å². The van der Waals surface area contributed by atoms with E-state index < -0.39 is 11.9 Å². The number of rotatable bonds is 7. The summed E-state index contributed by atoms with van der Waals surface area (Å²) in [5.41, 5.74) is 1.28. The lowest BCUT2D eigenvalue weighted by atomic mass is 10.1. The molecule has 0 saturated carbocycles. The fourth-order valence-electron chi connectivity index (χ4n) is 3.34. The average molecular weight is 413 g/mol. The van der Waals surface area contributed by atoms with Gasteiger partial charge in [-0.05, 0) is 61.4 Å². The summed E-state index contributed by atoms with van der Waals surface area (Å²) in [5.74, 6) is -1.19. The fraction of sp³-hybridized carbons (Fsp3) is 0.318. The third-order valence-electron chi connectivity index (χ3n) is 4.92. The summed E-state index contributed by atoms with van der Waals surface area (Å²) in [6, 6.07) is 11.2. The van der Waals surface area contributed by atoms with Crippen LogP contribution in [0.15, 0.2) is 48.5 Å². The number of nitrogens with one attached hydrogen (secondary N) is 2. The van der Waals surface area contributed by atoms with E-state index in [1.54, 1.807) is 36.3 Å². The SMILES string of the molecule is COCCNC(=O)[C@@H]1CCCN1C(=O)c1ccc(NC(=O)c2ccc(F)cc2)cc1. The molecule has 2 N–H and O–H groups in total. The van der Waals surface area contributed by atoms with Crippen LogP contribution in [0.3, 0.4) is 0 Å². The van der Waals surface area contributed by atoms with E-state index in [2.05, 4.69) is 10.6 Å². The largest absolute Gasteiger partial charge is 0.383 e. The predicted molar refractivity (Wildman–Crippen MR) is 110 cm³/mol. The van der Waals surface area contributed by atoms with Gasteiger partial charge in [-0.3, -0.25) is 14.4 Å². The first kappa shape index (κ1) is 21.4. The zero-order valence-corrected chi connectivity index (χ0v) is 16.7. The molecule has 1 saturated heterocycles. The van der Waals surface area contributed by atoms with Gasteiger partial charge in [0, 0.05) is 37.0 Å². The Bertz CT molecular complexity index is 900. The quantitative estimate of drug-likeness (QED) is 0.683. The lowest BCUT2D eigenvalue weighted by Gasteiger charge is -2.24. The van der Waals surface area contributed by atoms with Gasteiger partial charge in [0.05, 0.1) is 6.61 Å². The highest BCUT2D eigenvalue weighted by atomic mass is 19.1. The molecule has 0 aliphatic carbocycles. The Hall–Kier alpha value is -3.26. The van der Waals surface area contributed by atoms with Gasteiger partial charge in [-0.15, -0.1) is 0 Å². The summed E-state index contributed by atoms with van der Waals surface area (Å²) < 4.78 is 17.9. The molecule has 1 aliphatic heterocycles. The van der Waals surface area contributed by atoms with Crippen molar-refractivity contribution in [3.63, 3.8) is 0 Å². The lowest BCUT2D eigenvalue weighted by molar-refractivity contribution is -0.125. The molecular weight excluding hydrogens is 389 g/mol. The van der Waals surface area contributed by atoms with Crippen LogP contribution in [-0.2, 0) is 9.53 Å². The van der Waals surface area contributed by atoms with E-state index >= 15 is 0 Å². The molecule has 3 rings (SSSR count). The monoisotopic (exact) mass is 413 g/mol. The summed E-state index contributed by atoms with van der Waals surface area (Å²) >= 11 is 0. The number of amides is 3. The van der Waals surface area contributed by atoms with Gasteiger partial charge in [-0.2, -0.15) is 0 Å². The number of hydrogen-bond acceptors (Lipinski definition) is 4. The molecule has 7 nitrogen and oxygen atoms in total. The van der Waals surface area contributed by atoms with Gasteiger partial charge >= 0.3 is 0 Å². The maximum atomic E-state index is 13.0. The number of methoxy groups -OCH3 is 1. The Morgan fingerprint density at radius 2 is 1.73 bits per heavy atom. The smallest absolute Gasteiger partial charge is 0.255 e. The topological polar surface area (TPSA) is 87.7 Å². The van der Waals surface area contributed by atoms with Crippen molar-refractivity contribution < 1.29 is 23.5 Å². The molecule has 30 heavy (non-hydrogen) atoms. The number of anilines is 1. The number of carbonyl (C=O) groups is 3. The van der Waals surface area contributed by atoms with Crippen LogP contribution < -0.4 is 10.6 Å². The van der Waals surface area contributed by atoms with Crippen molar-refractivity contribution in [3.8, 4) is 0 Å². The van der Waals surface area contributed by atoms with Crippen molar-refractivity contribution in [1.82, 2.24) is 10.2 Å². The van der Waals surface area contributed by atoms with E-state index in [0.29, 0.717) is 42.9 Å². The van der Waals surface area contributed by atoms with E-state index in [-0.39, 0.29) is 17.7 Å². The first-order valence-corrected chi connectivity index (χ1v) is 9.74. The van der Waals surface area contributed by atoms with Crippen LogP contribution in [0.25, 0.3) is 0 Å². The molecule has 1 atom stereocenters. The number of hydrogen-bond donors (Lipinski definition) is 2. The van der Waals surface area contributed by atoms with Crippen molar-refractivity contribution in [2.24, 2.45) is 0 Å². The van der Waals surface area contributed by atoms with E-state index in [1.165, 1.54) is 24.3 Å². The third kappa shape index (κ3) is 5.21. The number of ether oxygens (including phenoxy) is 1. The van der Waals surface area contributed by atoms with E-state index in [9.17, 15) is 18.8 Å². The van der Waals surface area contributed by atoms with Crippen molar-refractivity contribution in [2.75, 3.05) is 32.1 Å². The second-order valence-corrected chi connectivity index (χ2v) is 6.98. The van der Waals surface area contributed by atoms with Crippen LogP contribution in [-0.4, -0.2) is 55.5 Å². The minimum absolute atomic E-state index is 0.180. The van der Waals surface area contributed by atoms with Crippen LogP contribution in [0.1, 0.15) is 33.6 Å². The van der Waals surface area contributed by atoms with Crippen molar-refractivity contribution in [3.05, 3.63) is 65.5 Å². The lowest BCUT2D eigenvalue weighted by Crippen LogP contribution is -2.46. The molecule has 8 heteroatoms. The van der Waals surface area contributed by atoms with Crippen molar-refractivity contribution in [1.29, 1.82) is 0 Å². The highest BCUT2D eigenvalue weighted by molar-refractivity contribution is 6.04. The maximum Gasteiger partial charge on any atom is 0.255 e. The van der Waals surface area contributed by atoms with Gasteiger partial charge in [0.2, 0.25) is 5.91 Å². The Balaban J connectivity index is 1.62. The predicted octanol–water partition coefficient (Wildman–Crippen LogP) is 2.45. The molecule has 1 fully saturated rings. The highest BCUT2D eigenvalue weighted by Crippen LogP contribution is 2.21. The summed E-state index contributed by atoms with van der Waals surface area (Å²) in [4.78, 5) is 39.0. The molecule has 0 radical (unpaired) electrons. The molecule has 158 valence electrons. The zero-order valence-electron chi connectivity index (χ0n) is 16.7. The molecule has 0 aromatic heterocycles. The van der Waals surface area contributed by atoms with Crippen LogP contribution in [0.4, 0.5) is 10.1 Å². The van der Waals surface area contributed by atoms with E-state index in [0.717, 1.165) is 6.42 Å². The van der Waals surface area contributed by atoms with Gasteiger partial charge < -0.3 is 20.3 Å². The van der Waals surface area contributed by atoms with Crippen LogP contribution in [0.5, 0.6) is 0 Å². The number of carbonyl (C=O) groups excluding carboxylic acids is 3. The second kappa shape index (κ2) is 9.98. The molecule has 0 unspecified atom stereocenters. The minimum Gasteiger partial charge on any atom is -0.383 e. The van der Waals surface area contributed by atoms with Gasteiger partial charge in [0.25, 0.3) is 11.8 Å². The Morgan fingerprint density at radius 1 is 1.07 bits per heavy atom. The third-order valence-corrected chi connectivity index (χ3v) is 4.92. The van der Waals surface area contributed by atoms with Crippen LogP contribution in [0, 0.1) is 5.82 Å². The molecule has 1 aliphatic rings. The fourth-order valence-corrected chi connectivity index (χ4v) is 3.34. The number of benzene rings is 2. The standard InChI is InChI=1S/C22H24FN3O4/c1-30-14-12-24-21(28)19-3-2-13-26(19)22(29)16-6-10-18(11-7-16)25-20(27)15-4-8-17(23)9-5-15/h4-11,19H,2-3,12-14H2,1H3,(H,24,28)(H,25,27)/t19-/m0/s1. The molecule has 0 bridgehead atoms. The van der Waals surface area contributed by atoms with Crippen molar-refractivity contribution >= 4 is 23.4 Å². The van der Waals surface area contributed by atoms with Crippen molar-refractivity contribution in [2.45, 2.75) is 18.9 Å². The van der Waals surface area contributed by atoms with Gasteiger partial charge in [0.15, 0.2) is 0 Å². The minimum atomic E-state index is -0.493. The summed E-state index contributed by atoms with van der Waals surface area (Å²) in [6.45, 7) is 1.33. The summed E-state index contributed by atoms with van der Waals surface area (Å²) in [6.07, 6.45) is 1.39. The Labute approximate surface area is 174 Å². The van der Waals surface area contributed by atoms with Crippen LogP contribution in [0.2, 0.25) is 0 Å². The Morgan fingerprint density at radius 3 is 2.40 bits per heavy atom.